The first-order chi connectivity index (χ1) is 17.8. The molecule has 1 aromatic heterocycles. The van der Waals surface area contributed by atoms with E-state index in [0.29, 0.717) is 31.0 Å². The largest absolute Gasteiger partial charge is 0.490 e. The summed E-state index contributed by atoms with van der Waals surface area (Å²) in [6.07, 6.45) is 9.14. The number of benzene rings is 1. The van der Waals surface area contributed by atoms with Gasteiger partial charge >= 0.3 is 5.97 Å². The SMILES string of the molecule is CC(O)CCCN(C(=O)C1CCC(C)CC1)c1cc(C2=CCC(Oc3ccccc3)CC2)sc1C(=O)O. The van der Waals surface area contributed by atoms with Crippen molar-refractivity contribution in [3.05, 3.63) is 52.2 Å². The molecule has 4 rings (SSSR count). The van der Waals surface area contributed by atoms with Crippen molar-refractivity contribution in [3.8, 4) is 5.75 Å². The van der Waals surface area contributed by atoms with E-state index in [1.54, 1.807) is 11.8 Å². The summed E-state index contributed by atoms with van der Waals surface area (Å²) in [7, 11) is 0. The Hall–Kier alpha value is -2.64. The molecule has 6 nitrogen and oxygen atoms in total. The second kappa shape index (κ2) is 12.7. The number of carbonyl (C=O) groups excluding carboxylic acids is 1. The maximum Gasteiger partial charge on any atom is 0.348 e. The number of carbonyl (C=O) groups is 2. The van der Waals surface area contributed by atoms with Gasteiger partial charge in [-0.2, -0.15) is 0 Å². The Morgan fingerprint density at radius 3 is 2.49 bits per heavy atom. The molecule has 2 N–H and O–H groups in total. The molecule has 2 unspecified atom stereocenters. The lowest BCUT2D eigenvalue weighted by Gasteiger charge is -2.31. The van der Waals surface area contributed by atoms with Gasteiger partial charge in [-0.25, -0.2) is 4.79 Å². The molecule has 2 aliphatic rings. The van der Waals surface area contributed by atoms with Crippen LogP contribution in [0.3, 0.4) is 0 Å². The van der Waals surface area contributed by atoms with Crippen LogP contribution in [0.2, 0.25) is 0 Å². The fraction of sp³-hybridized carbons (Fsp3) is 0.533. The van der Waals surface area contributed by atoms with Crippen molar-refractivity contribution in [3.63, 3.8) is 0 Å². The number of aromatic carboxylic acids is 1. The number of anilines is 1. The smallest absolute Gasteiger partial charge is 0.348 e. The topological polar surface area (TPSA) is 87.1 Å². The molecule has 0 saturated heterocycles. The average molecular weight is 526 g/mol. The molecular weight excluding hydrogens is 486 g/mol. The van der Waals surface area contributed by atoms with Gasteiger partial charge in [-0.05, 0) is 88.0 Å². The van der Waals surface area contributed by atoms with Crippen LogP contribution >= 0.6 is 11.3 Å². The van der Waals surface area contributed by atoms with E-state index in [1.807, 2.05) is 36.4 Å². The number of aliphatic hydroxyl groups is 1. The van der Waals surface area contributed by atoms with E-state index in [2.05, 4.69) is 13.0 Å². The maximum atomic E-state index is 13.7. The lowest BCUT2D eigenvalue weighted by Crippen LogP contribution is -2.39. The van der Waals surface area contributed by atoms with E-state index in [4.69, 9.17) is 4.74 Å². The molecular formula is C30H39NO5S. The highest BCUT2D eigenvalue weighted by molar-refractivity contribution is 7.15. The molecule has 0 bridgehead atoms. The summed E-state index contributed by atoms with van der Waals surface area (Å²) in [6, 6.07) is 11.7. The van der Waals surface area contributed by atoms with Crippen molar-refractivity contribution in [1.29, 1.82) is 0 Å². The number of nitrogens with zero attached hydrogens (tertiary/aromatic N) is 1. The first-order valence-electron chi connectivity index (χ1n) is 13.6. The zero-order chi connectivity index (χ0) is 26.4. The van der Waals surface area contributed by atoms with E-state index in [9.17, 15) is 19.8 Å². The van der Waals surface area contributed by atoms with Gasteiger partial charge in [0.15, 0.2) is 0 Å². The van der Waals surface area contributed by atoms with Gasteiger partial charge in [-0.1, -0.05) is 31.2 Å². The minimum Gasteiger partial charge on any atom is -0.490 e. The Bertz CT molecular complexity index is 1080. The third kappa shape index (κ3) is 7.23. The van der Waals surface area contributed by atoms with Crippen LogP contribution in [0.25, 0.3) is 5.57 Å². The highest BCUT2D eigenvalue weighted by Gasteiger charge is 2.32. The molecule has 2 atom stereocenters. The van der Waals surface area contributed by atoms with Gasteiger partial charge in [0.2, 0.25) is 5.91 Å². The molecule has 1 amide bonds. The summed E-state index contributed by atoms with van der Waals surface area (Å²) in [5.41, 5.74) is 1.62. The van der Waals surface area contributed by atoms with Gasteiger partial charge in [-0.3, -0.25) is 4.79 Å². The van der Waals surface area contributed by atoms with Crippen LogP contribution in [0.1, 0.15) is 86.2 Å². The van der Waals surface area contributed by atoms with Gasteiger partial charge in [-0.15, -0.1) is 11.3 Å². The molecule has 200 valence electrons. The third-order valence-electron chi connectivity index (χ3n) is 7.56. The van der Waals surface area contributed by atoms with E-state index in [1.165, 1.54) is 11.3 Å². The summed E-state index contributed by atoms with van der Waals surface area (Å²) in [6.45, 7) is 4.38. The van der Waals surface area contributed by atoms with Gasteiger partial charge < -0.3 is 19.8 Å². The van der Waals surface area contributed by atoms with Crippen LogP contribution < -0.4 is 9.64 Å². The summed E-state index contributed by atoms with van der Waals surface area (Å²) >= 11 is 1.26. The molecule has 0 spiro atoms. The van der Waals surface area contributed by atoms with E-state index in [0.717, 1.165) is 61.1 Å². The molecule has 1 fully saturated rings. The molecule has 0 aliphatic heterocycles. The van der Waals surface area contributed by atoms with Gasteiger partial charge in [0.05, 0.1) is 11.8 Å². The predicted octanol–water partition coefficient (Wildman–Crippen LogP) is 6.78. The number of para-hydroxylation sites is 1. The molecule has 1 aromatic carbocycles. The number of hydrogen-bond donors (Lipinski definition) is 2. The minimum atomic E-state index is -1.00. The fourth-order valence-corrected chi connectivity index (χ4v) is 6.42. The molecule has 0 radical (unpaired) electrons. The van der Waals surface area contributed by atoms with Gasteiger partial charge in [0.1, 0.15) is 16.7 Å². The Morgan fingerprint density at radius 1 is 1.14 bits per heavy atom. The standard InChI is InChI=1S/C30H39NO5S/c1-20-10-12-23(13-11-20)29(33)31(18-6-7-21(2)32)26-19-27(37-28(26)30(34)35)22-14-16-25(17-15-22)36-24-8-4-3-5-9-24/h3-5,8-9,14,19-21,23,25,32H,6-7,10-13,15-18H2,1-2H3,(H,34,35). The number of carboxylic acids is 1. The number of thiophene rings is 1. The summed E-state index contributed by atoms with van der Waals surface area (Å²) < 4.78 is 6.11. The van der Waals surface area contributed by atoms with E-state index >= 15 is 0 Å². The highest BCUT2D eigenvalue weighted by atomic mass is 32.1. The maximum absolute atomic E-state index is 13.7. The van der Waals surface area contributed by atoms with Crippen molar-refractivity contribution in [2.24, 2.45) is 11.8 Å². The second-order valence-corrected chi connectivity index (χ2v) is 11.7. The van der Waals surface area contributed by atoms with Crippen LogP contribution in [0.5, 0.6) is 5.75 Å². The van der Waals surface area contributed by atoms with Crippen molar-refractivity contribution >= 4 is 34.5 Å². The predicted molar refractivity (Wildman–Crippen MR) is 148 cm³/mol. The molecule has 1 heterocycles. The van der Waals surface area contributed by atoms with Gasteiger partial charge in [0, 0.05) is 23.8 Å². The lowest BCUT2D eigenvalue weighted by atomic mass is 9.82. The van der Waals surface area contributed by atoms with Crippen molar-refractivity contribution in [2.45, 2.75) is 83.8 Å². The second-order valence-electron chi connectivity index (χ2n) is 10.6. The Kier molecular flexibility index (Phi) is 9.43. The zero-order valence-electron chi connectivity index (χ0n) is 21.9. The molecule has 2 aromatic rings. The van der Waals surface area contributed by atoms with Crippen molar-refractivity contribution in [2.75, 3.05) is 11.4 Å². The Labute approximate surface area is 224 Å². The molecule has 2 aliphatic carbocycles. The Morgan fingerprint density at radius 2 is 1.86 bits per heavy atom. The summed E-state index contributed by atoms with van der Waals surface area (Å²) in [5, 5.41) is 19.8. The monoisotopic (exact) mass is 525 g/mol. The summed E-state index contributed by atoms with van der Waals surface area (Å²) in [5.74, 6) is 0.441. The molecule has 1 saturated carbocycles. The molecule has 37 heavy (non-hydrogen) atoms. The first-order valence-corrected chi connectivity index (χ1v) is 14.4. The van der Waals surface area contributed by atoms with E-state index in [-0.39, 0.29) is 22.8 Å². The van der Waals surface area contributed by atoms with E-state index < -0.39 is 12.1 Å². The number of hydrogen-bond acceptors (Lipinski definition) is 5. The number of ether oxygens (including phenoxy) is 1. The van der Waals surface area contributed by atoms with Crippen molar-refractivity contribution in [1.82, 2.24) is 0 Å². The van der Waals surface area contributed by atoms with Crippen LogP contribution in [-0.2, 0) is 4.79 Å². The van der Waals surface area contributed by atoms with Crippen LogP contribution in [0.15, 0.2) is 42.5 Å². The number of aliphatic hydroxyl groups excluding tert-OH is 1. The lowest BCUT2D eigenvalue weighted by molar-refractivity contribution is -0.123. The van der Waals surface area contributed by atoms with Gasteiger partial charge in [0.25, 0.3) is 0 Å². The van der Waals surface area contributed by atoms with Crippen LogP contribution in [-0.4, -0.2) is 40.8 Å². The third-order valence-corrected chi connectivity index (χ3v) is 8.75. The number of amides is 1. The Balaban J connectivity index is 1.55. The van der Waals surface area contributed by atoms with Crippen molar-refractivity contribution < 1.29 is 24.5 Å². The number of rotatable bonds is 10. The highest BCUT2D eigenvalue weighted by Crippen LogP contribution is 2.40. The quantitative estimate of drug-likeness (QED) is 0.357. The molecule has 7 heteroatoms. The zero-order valence-corrected chi connectivity index (χ0v) is 22.7. The minimum absolute atomic E-state index is 0.0262. The van der Waals surface area contributed by atoms with Crippen LogP contribution in [0, 0.1) is 11.8 Å². The number of allylic oxidation sites excluding steroid dienone is 1. The fourth-order valence-electron chi connectivity index (χ4n) is 5.35. The number of carboxylic acid groups (broad SMARTS) is 1. The summed E-state index contributed by atoms with van der Waals surface area (Å²) in [4.78, 5) is 28.8. The average Bonchev–Trinajstić information content (AvgIpc) is 3.33. The normalized spacial score (nSPS) is 22.7. The first kappa shape index (κ1) is 27.4. The van der Waals surface area contributed by atoms with Crippen LogP contribution in [0.4, 0.5) is 5.69 Å².